The van der Waals surface area contributed by atoms with Crippen molar-refractivity contribution in [2.24, 2.45) is 23.5 Å². The van der Waals surface area contributed by atoms with E-state index in [9.17, 15) is 4.79 Å². The number of rotatable bonds is 2. The first-order chi connectivity index (χ1) is 9.81. The van der Waals surface area contributed by atoms with Crippen molar-refractivity contribution in [1.82, 2.24) is 4.90 Å². The number of piperidine rings is 1. The normalized spacial score (nSPS) is 38.4. The van der Waals surface area contributed by atoms with Crippen LogP contribution in [0.25, 0.3) is 0 Å². The van der Waals surface area contributed by atoms with Crippen molar-refractivity contribution in [3.8, 4) is 0 Å². The minimum Gasteiger partial charge on any atom is -0.339 e. The largest absolute Gasteiger partial charge is 0.339 e. The van der Waals surface area contributed by atoms with Crippen LogP contribution in [0, 0.1) is 17.8 Å². The van der Waals surface area contributed by atoms with Gasteiger partial charge in [0.25, 0.3) is 0 Å². The average Bonchev–Trinajstić information content (AvgIpc) is 2.53. The Morgan fingerprint density at radius 1 is 0.950 bits per heavy atom. The fourth-order valence-corrected chi connectivity index (χ4v) is 4.93. The third kappa shape index (κ3) is 2.74. The zero-order valence-corrected chi connectivity index (χ0v) is 12.7. The van der Waals surface area contributed by atoms with Crippen LogP contribution < -0.4 is 5.73 Å². The van der Waals surface area contributed by atoms with Crippen LogP contribution in [-0.2, 0) is 4.79 Å². The van der Waals surface area contributed by atoms with Gasteiger partial charge < -0.3 is 10.6 Å². The molecule has 1 saturated heterocycles. The second-order valence-electron chi connectivity index (χ2n) is 7.17. The maximum absolute atomic E-state index is 13.0. The number of hydrogen-bond donors (Lipinski definition) is 1. The molecule has 0 aromatic rings. The van der Waals surface area contributed by atoms with Crippen molar-refractivity contribution >= 4 is 5.91 Å². The average molecular weight is 278 g/mol. The molecule has 3 nitrogen and oxygen atoms in total. The van der Waals surface area contributed by atoms with Crippen LogP contribution in [0.3, 0.4) is 0 Å². The predicted molar refractivity (Wildman–Crippen MR) is 81.2 cm³/mol. The Morgan fingerprint density at radius 2 is 1.65 bits per heavy atom. The molecule has 3 fully saturated rings. The summed E-state index contributed by atoms with van der Waals surface area (Å²) in [6.07, 6.45) is 12.6. The van der Waals surface area contributed by atoms with Gasteiger partial charge in [-0.1, -0.05) is 25.7 Å². The molecular formula is C17H30N2O. The molecule has 0 bridgehead atoms. The summed E-state index contributed by atoms with van der Waals surface area (Å²) in [6, 6.07) is 0.561. The van der Waals surface area contributed by atoms with E-state index >= 15 is 0 Å². The van der Waals surface area contributed by atoms with Crippen LogP contribution in [0.4, 0.5) is 0 Å². The van der Waals surface area contributed by atoms with Gasteiger partial charge in [0, 0.05) is 18.5 Å². The minimum absolute atomic E-state index is 0.231. The topological polar surface area (TPSA) is 46.3 Å². The summed E-state index contributed by atoms with van der Waals surface area (Å²) >= 11 is 0. The van der Waals surface area contributed by atoms with E-state index < -0.39 is 0 Å². The molecule has 0 spiro atoms. The smallest absolute Gasteiger partial charge is 0.226 e. The van der Waals surface area contributed by atoms with Crippen LogP contribution >= 0.6 is 0 Å². The highest BCUT2D eigenvalue weighted by atomic mass is 16.2. The van der Waals surface area contributed by atoms with E-state index in [0.717, 1.165) is 25.3 Å². The molecular weight excluding hydrogens is 248 g/mol. The second-order valence-corrected chi connectivity index (χ2v) is 7.17. The Balaban J connectivity index is 1.71. The first-order valence-electron chi connectivity index (χ1n) is 8.82. The lowest BCUT2D eigenvalue weighted by Gasteiger charge is -2.46. The molecule has 114 valence electrons. The Bertz CT molecular complexity index is 342. The van der Waals surface area contributed by atoms with E-state index in [2.05, 4.69) is 4.90 Å². The molecule has 0 aromatic carbocycles. The molecule has 1 heterocycles. The lowest BCUT2D eigenvalue weighted by atomic mass is 9.75. The summed E-state index contributed by atoms with van der Waals surface area (Å²) in [5.74, 6) is 1.92. The zero-order valence-electron chi connectivity index (χ0n) is 12.7. The van der Waals surface area contributed by atoms with Gasteiger partial charge in [-0.25, -0.2) is 0 Å². The zero-order chi connectivity index (χ0) is 13.9. The number of fused-ring (bicyclic) bond motifs is 1. The summed E-state index contributed by atoms with van der Waals surface area (Å²) in [4.78, 5) is 15.3. The summed E-state index contributed by atoms with van der Waals surface area (Å²) in [6.45, 7) is 1.70. The number of carbonyl (C=O) groups is 1. The summed E-state index contributed by atoms with van der Waals surface area (Å²) in [5.41, 5.74) is 5.92. The highest BCUT2D eigenvalue weighted by molar-refractivity contribution is 5.79. The van der Waals surface area contributed by atoms with Gasteiger partial charge in [-0.05, 0) is 56.9 Å². The SMILES string of the molecule is NCC1CCCCC1C(=O)N1CCCC2CCCCC21. The maximum Gasteiger partial charge on any atom is 0.226 e. The van der Waals surface area contributed by atoms with Gasteiger partial charge in [0.1, 0.15) is 0 Å². The van der Waals surface area contributed by atoms with E-state index in [0.29, 0.717) is 24.4 Å². The number of likely N-dealkylation sites (tertiary alicyclic amines) is 1. The lowest BCUT2D eigenvalue weighted by molar-refractivity contribution is -0.145. The predicted octanol–water partition coefficient (Wildman–Crippen LogP) is 2.93. The van der Waals surface area contributed by atoms with Gasteiger partial charge >= 0.3 is 0 Å². The third-order valence-electron chi connectivity index (χ3n) is 6.06. The number of nitrogens with two attached hydrogens (primary N) is 1. The first kappa shape index (κ1) is 14.4. The van der Waals surface area contributed by atoms with Crippen molar-refractivity contribution in [3.05, 3.63) is 0 Å². The highest BCUT2D eigenvalue weighted by Crippen LogP contribution is 2.38. The van der Waals surface area contributed by atoms with Crippen LogP contribution in [0.1, 0.15) is 64.2 Å². The molecule has 1 amide bonds. The molecule has 2 saturated carbocycles. The second kappa shape index (κ2) is 6.46. The van der Waals surface area contributed by atoms with Crippen molar-refractivity contribution in [1.29, 1.82) is 0 Å². The van der Waals surface area contributed by atoms with E-state index in [1.54, 1.807) is 0 Å². The highest BCUT2D eigenvalue weighted by Gasteiger charge is 2.40. The molecule has 4 atom stereocenters. The van der Waals surface area contributed by atoms with E-state index in [1.807, 2.05) is 0 Å². The van der Waals surface area contributed by atoms with Crippen LogP contribution in [0.5, 0.6) is 0 Å². The number of amides is 1. The Morgan fingerprint density at radius 3 is 2.50 bits per heavy atom. The van der Waals surface area contributed by atoms with Gasteiger partial charge in [0.2, 0.25) is 5.91 Å². The van der Waals surface area contributed by atoms with Crippen molar-refractivity contribution < 1.29 is 4.79 Å². The maximum atomic E-state index is 13.0. The molecule has 2 N–H and O–H groups in total. The quantitative estimate of drug-likeness (QED) is 0.844. The third-order valence-corrected chi connectivity index (χ3v) is 6.06. The standard InChI is InChI=1S/C17H30N2O/c18-12-14-7-1-3-9-15(14)17(20)19-11-5-8-13-6-2-4-10-16(13)19/h13-16H,1-12,18H2. The number of carbonyl (C=O) groups excluding carboxylic acids is 1. The van der Waals surface area contributed by atoms with Crippen molar-refractivity contribution in [3.63, 3.8) is 0 Å². The van der Waals surface area contributed by atoms with Gasteiger partial charge in [0.05, 0.1) is 0 Å². The Hall–Kier alpha value is -0.570. The minimum atomic E-state index is 0.231. The molecule has 3 rings (SSSR count). The van der Waals surface area contributed by atoms with E-state index in [1.165, 1.54) is 51.4 Å². The fourth-order valence-electron chi connectivity index (χ4n) is 4.93. The van der Waals surface area contributed by atoms with Crippen LogP contribution in [-0.4, -0.2) is 29.9 Å². The van der Waals surface area contributed by atoms with Crippen LogP contribution in [0.2, 0.25) is 0 Å². The first-order valence-corrected chi connectivity index (χ1v) is 8.82. The molecule has 0 aromatic heterocycles. The summed E-state index contributed by atoms with van der Waals surface area (Å²) in [7, 11) is 0. The number of nitrogens with zero attached hydrogens (tertiary/aromatic N) is 1. The fraction of sp³-hybridized carbons (Fsp3) is 0.941. The Labute approximate surface area is 123 Å². The Kier molecular flexibility index (Phi) is 4.65. The molecule has 4 unspecified atom stereocenters. The molecule has 2 aliphatic carbocycles. The van der Waals surface area contributed by atoms with E-state index in [-0.39, 0.29) is 5.92 Å². The van der Waals surface area contributed by atoms with Crippen molar-refractivity contribution in [2.75, 3.05) is 13.1 Å². The van der Waals surface area contributed by atoms with Crippen molar-refractivity contribution in [2.45, 2.75) is 70.3 Å². The summed E-state index contributed by atoms with van der Waals surface area (Å²) in [5, 5.41) is 0. The van der Waals surface area contributed by atoms with Gasteiger partial charge in [-0.15, -0.1) is 0 Å². The summed E-state index contributed by atoms with van der Waals surface area (Å²) < 4.78 is 0. The van der Waals surface area contributed by atoms with Gasteiger partial charge in [-0.2, -0.15) is 0 Å². The van der Waals surface area contributed by atoms with E-state index in [4.69, 9.17) is 5.73 Å². The molecule has 20 heavy (non-hydrogen) atoms. The number of hydrogen-bond acceptors (Lipinski definition) is 2. The van der Waals surface area contributed by atoms with Gasteiger partial charge in [-0.3, -0.25) is 4.79 Å². The molecule has 1 aliphatic heterocycles. The van der Waals surface area contributed by atoms with Crippen LogP contribution in [0.15, 0.2) is 0 Å². The van der Waals surface area contributed by atoms with Gasteiger partial charge in [0.15, 0.2) is 0 Å². The molecule has 3 heteroatoms. The molecule has 3 aliphatic rings. The molecule has 0 radical (unpaired) electrons. The lowest BCUT2D eigenvalue weighted by Crippen LogP contribution is -2.53. The monoisotopic (exact) mass is 278 g/mol.